The number of ether oxygens (including phenoxy) is 1. The second-order valence-corrected chi connectivity index (χ2v) is 5.32. The molecule has 0 spiro atoms. The third-order valence-corrected chi connectivity index (χ3v) is 4.48. The zero-order valence-corrected chi connectivity index (χ0v) is 9.64. The van der Waals surface area contributed by atoms with Crippen LogP contribution >= 0.6 is 11.8 Å². The minimum absolute atomic E-state index is 0.661. The van der Waals surface area contributed by atoms with Gasteiger partial charge in [0.1, 0.15) is 5.75 Å². The molecule has 0 radical (unpaired) electrons. The van der Waals surface area contributed by atoms with Crippen molar-refractivity contribution in [1.29, 1.82) is 0 Å². The highest BCUT2D eigenvalue weighted by molar-refractivity contribution is 7.99. The number of hydrogen-bond acceptors (Lipinski definition) is 3. The van der Waals surface area contributed by atoms with E-state index in [1.807, 2.05) is 0 Å². The molecule has 0 bridgehead atoms. The largest absolute Gasteiger partial charge is 0.497 e. The van der Waals surface area contributed by atoms with Crippen molar-refractivity contribution in [2.75, 3.05) is 23.9 Å². The Morgan fingerprint density at radius 2 is 2.40 bits per heavy atom. The van der Waals surface area contributed by atoms with Gasteiger partial charge in [-0.1, -0.05) is 6.07 Å². The van der Waals surface area contributed by atoms with Gasteiger partial charge in [-0.3, -0.25) is 0 Å². The first-order valence-electron chi connectivity index (χ1n) is 5.40. The predicted octanol–water partition coefficient (Wildman–Crippen LogP) is 2.71. The Labute approximate surface area is 94.4 Å². The lowest BCUT2D eigenvalue weighted by Crippen LogP contribution is -2.26. The van der Waals surface area contributed by atoms with Gasteiger partial charge in [-0.15, -0.1) is 0 Å². The van der Waals surface area contributed by atoms with Crippen LogP contribution in [-0.2, 0) is 0 Å². The Hall–Kier alpha value is -0.830. The molecule has 2 nitrogen and oxygen atoms in total. The van der Waals surface area contributed by atoms with Crippen molar-refractivity contribution < 1.29 is 4.74 Å². The van der Waals surface area contributed by atoms with E-state index in [0.29, 0.717) is 12.0 Å². The minimum atomic E-state index is 0.661. The van der Waals surface area contributed by atoms with Crippen molar-refractivity contribution in [1.82, 2.24) is 0 Å². The van der Waals surface area contributed by atoms with E-state index >= 15 is 0 Å². The molecule has 1 fully saturated rings. The van der Waals surface area contributed by atoms with E-state index in [4.69, 9.17) is 4.74 Å². The summed E-state index contributed by atoms with van der Waals surface area (Å²) in [6.45, 7) is 0. The lowest BCUT2D eigenvalue weighted by molar-refractivity contribution is 0.415. The molecular formula is C12H15NOS. The number of nitrogens with one attached hydrogen (secondary N) is 1. The van der Waals surface area contributed by atoms with Crippen LogP contribution in [0.1, 0.15) is 17.9 Å². The average molecular weight is 221 g/mol. The molecule has 0 saturated carbocycles. The summed E-state index contributed by atoms with van der Waals surface area (Å²) in [5.74, 6) is 4.22. The summed E-state index contributed by atoms with van der Waals surface area (Å²) in [6, 6.07) is 7.08. The van der Waals surface area contributed by atoms with Crippen molar-refractivity contribution >= 4 is 17.4 Å². The first-order valence-corrected chi connectivity index (χ1v) is 6.56. The maximum atomic E-state index is 5.25. The third kappa shape index (κ3) is 1.49. The van der Waals surface area contributed by atoms with Gasteiger partial charge < -0.3 is 10.1 Å². The quantitative estimate of drug-likeness (QED) is 0.788. The van der Waals surface area contributed by atoms with E-state index in [2.05, 4.69) is 35.3 Å². The van der Waals surface area contributed by atoms with Crippen molar-refractivity contribution in [3.63, 3.8) is 0 Å². The van der Waals surface area contributed by atoms with Crippen LogP contribution in [-0.4, -0.2) is 24.7 Å². The lowest BCUT2D eigenvalue weighted by Gasteiger charge is -2.24. The smallest absolute Gasteiger partial charge is 0.120 e. The molecule has 0 amide bonds. The van der Waals surface area contributed by atoms with Crippen molar-refractivity contribution in [3.05, 3.63) is 23.8 Å². The molecule has 0 aliphatic carbocycles. The fourth-order valence-corrected chi connectivity index (χ4v) is 3.78. The number of fused-ring (bicyclic) bond motifs is 3. The first kappa shape index (κ1) is 9.40. The van der Waals surface area contributed by atoms with Gasteiger partial charge in [0.2, 0.25) is 0 Å². The zero-order valence-electron chi connectivity index (χ0n) is 8.82. The van der Waals surface area contributed by atoms with E-state index in [9.17, 15) is 0 Å². The van der Waals surface area contributed by atoms with Crippen LogP contribution in [0.25, 0.3) is 0 Å². The maximum Gasteiger partial charge on any atom is 0.120 e. The molecule has 2 atom stereocenters. The van der Waals surface area contributed by atoms with Gasteiger partial charge in [0.15, 0.2) is 0 Å². The molecule has 3 heteroatoms. The minimum Gasteiger partial charge on any atom is -0.497 e. The molecule has 2 heterocycles. The average Bonchev–Trinajstić information content (AvgIpc) is 2.66. The van der Waals surface area contributed by atoms with Crippen LogP contribution in [0.15, 0.2) is 18.2 Å². The van der Waals surface area contributed by atoms with E-state index in [1.54, 1.807) is 7.11 Å². The van der Waals surface area contributed by atoms with E-state index in [-0.39, 0.29) is 0 Å². The highest BCUT2D eigenvalue weighted by Gasteiger charge is 2.34. The Morgan fingerprint density at radius 3 is 3.27 bits per heavy atom. The molecule has 15 heavy (non-hydrogen) atoms. The summed E-state index contributed by atoms with van der Waals surface area (Å²) in [4.78, 5) is 0. The summed E-state index contributed by atoms with van der Waals surface area (Å²) in [7, 11) is 1.72. The molecule has 1 saturated heterocycles. The number of benzene rings is 1. The second kappa shape index (κ2) is 3.63. The number of hydrogen-bond donors (Lipinski definition) is 1. The molecule has 3 rings (SSSR count). The van der Waals surface area contributed by atoms with Gasteiger partial charge in [0.05, 0.1) is 7.11 Å². The van der Waals surface area contributed by atoms with Crippen molar-refractivity contribution in [3.8, 4) is 5.75 Å². The monoisotopic (exact) mass is 221 g/mol. The molecule has 1 aromatic carbocycles. The van der Waals surface area contributed by atoms with Crippen LogP contribution in [0.2, 0.25) is 0 Å². The summed E-state index contributed by atoms with van der Waals surface area (Å²) < 4.78 is 5.25. The molecule has 1 N–H and O–H groups in total. The van der Waals surface area contributed by atoms with Gasteiger partial charge in [0, 0.05) is 29.5 Å². The second-order valence-electron chi connectivity index (χ2n) is 4.17. The van der Waals surface area contributed by atoms with Crippen molar-refractivity contribution in [2.24, 2.45) is 0 Å². The van der Waals surface area contributed by atoms with Gasteiger partial charge in [-0.25, -0.2) is 0 Å². The molecule has 0 aromatic heterocycles. The van der Waals surface area contributed by atoms with Crippen LogP contribution in [0, 0.1) is 0 Å². The Bertz CT molecular complexity index is 380. The van der Waals surface area contributed by atoms with Crippen LogP contribution in [0.3, 0.4) is 0 Å². The first-order chi connectivity index (χ1) is 7.38. The van der Waals surface area contributed by atoms with Crippen molar-refractivity contribution in [2.45, 2.75) is 18.4 Å². The van der Waals surface area contributed by atoms with E-state index < -0.39 is 0 Å². The third-order valence-electron chi connectivity index (χ3n) is 3.36. The zero-order chi connectivity index (χ0) is 10.3. The number of methoxy groups -OCH3 is 1. The topological polar surface area (TPSA) is 21.3 Å². The number of anilines is 1. The predicted molar refractivity (Wildman–Crippen MR) is 65.1 cm³/mol. The van der Waals surface area contributed by atoms with E-state index in [0.717, 1.165) is 5.75 Å². The highest BCUT2D eigenvalue weighted by Crippen LogP contribution is 2.43. The molecule has 2 aliphatic rings. The SMILES string of the molecule is COc1ccc2c(c1)NC1CCSCC21. The van der Waals surface area contributed by atoms with Gasteiger partial charge in [0.25, 0.3) is 0 Å². The Morgan fingerprint density at radius 1 is 1.47 bits per heavy atom. The van der Waals surface area contributed by atoms with Crippen LogP contribution < -0.4 is 10.1 Å². The fraction of sp³-hybridized carbons (Fsp3) is 0.500. The summed E-state index contributed by atoms with van der Waals surface area (Å²) in [5.41, 5.74) is 2.76. The molecule has 2 aliphatic heterocycles. The van der Waals surface area contributed by atoms with Crippen LogP contribution in [0.4, 0.5) is 5.69 Å². The standard InChI is InChI=1S/C12H15NOS/c1-14-8-2-3-9-10-7-15-5-4-11(10)13-12(9)6-8/h2-3,6,10-11,13H,4-5,7H2,1H3. The maximum absolute atomic E-state index is 5.25. The Balaban J connectivity index is 1.96. The molecular weight excluding hydrogens is 206 g/mol. The van der Waals surface area contributed by atoms with Gasteiger partial charge in [-0.2, -0.15) is 11.8 Å². The van der Waals surface area contributed by atoms with Gasteiger partial charge >= 0.3 is 0 Å². The number of rotatable bonds is 1. The Kier molecular flexibility index (Phi) is 2.28. The summed E-state index contributed by atoms with van der Waals surface area (Å²) >= 11 is 2.07. The summed E-state index contributed by atoms with van der Waals surface area (Å²) in [6.07, 6.45) is 1.28. The van der Waals surface area contributed by atoms with Crippen LogP contribution in [0.5, 0.6) is 5.75 Å². The molecule has 2 unspecified atom stereocenters. The van der Waals surface area contributed by atoms with E-state index in [1.165, 1.54) is 29.2 Å². The lowest BCUT2D eigenvalue weighted by atomic mass is 9.95. The summed E-state index contributed by atoms with van der Waals surface area (Å²) in [5, 5.41) is 3.62. The van der Waals surface area contributed by atoms with Gasteiger partial charge in [-0.05, 0) is 23.8 Å². The highest BCUT2D eigenvalue weighted by atomic mass is 32.2. The fourth-order valence-electron chi connectivity index (χ4n) is 2.53. The molecule has 80 valence electrons. The normalized spacial score (nSPS) is 27.8. The number of thioether (sulfide) groups is 1. The molecule has 1 aromatic rings.